The highest BCUT2D eigenvalue weighted by molar-refractivity contribution is 5.60. The highest BCUT2D eigenvalue weighted by Crippen LogP contribution is 2.17. The van der Waals surface area contributed by atoms with Gasteiger partial charge in [-0.3, -0.25) is 0 Å². The van der Waals surface area contributed by atoms with E-state index in [0.29, 0.717) is 0 Å². The summed E-state index contributed by atoms with van der Waals surface area (Å²) in [7, 11) is 2.05. The van der Waals surface area contributed by atoms with E-state index in [1.807, 2.05) is 49.5 Å². The second-order valence-corrected chi connectivity index (χ2v) is 4.36. The van der Waals surface area contributed by atoms with Gasteiger partial charge >= 0.3 is 0 Å². The van der Waals surface area contributed by atoms with Crippen molar-refractivity contribution in [3.63, 3.8) is 0 Å². The van der Waals surface area contributed by atoms with Crippen LogP contribution in [-0.4, -0.2) is 13.6 Å². The van der Waals surface area contributed by atoms with Crippen molar-refractivity contribution in [2.24, 2.45) is 0 Å². The maximum absolute atomic E-state index is 5.51. The van der Waals surface area contributed by atoms with Crippen molar-refractivity contribution in [3.05, 3.63) is 71.8 Å². The fraction of sp³-hybridized carbons (Fsp3) is 0.111. The highest BCUT2D eigenvalue weighted by Gasteiger charge is 2.02. The van der Waals surface area contributed by atoms with E-state index in [0.717, 1.165) is 17.8 Å². The molecule has 0 spiro atoms. The Morgan fingerprint density at radius 2 is 1.74 bits per heavy atom. The molecule has 0 aliphatic heterocycles. The smallest absolute Gasteiger partial charge is 0.0525 e. The number of nitrogens with zero attached hydrogens (tertiary/aromatic N) is 1. The molecule has 1 heteroatoms. The molecule has 1 nitrogen and oxygen atoms in total. The van der Waals surface area contributed by atoms with Crippen LogP contribution in [0.1, 0.15) is 11.1 Å². The van der Waals surface area contributed by atoms with Crippen LogP contribution in [0.3, 0.4) is 0 Å². The number of rotatable bonds is 4. The molecule has 0 fully saturated rings. The summed E-state index contributed by atoms with van der Waals surface area (Å²) in [5.74, 6) is 2.72. The number of terminal acetylenes is 1. The number of hydrogen-bond acceptors (Lipinski definition) is 1. The standard InChI is InChI=1S/C18H17N/c1-3-17-13-7-8-14-18(17)19(2)15-9-12-16-10-5-4-6-11-16/h1,4-14H,15H2,2H3. The molecule has 0 saturated carbocycles. The Labute approximate surface area is 115 Å². The second kappa shape index (κ2) is 6.47. The summed E-state index contributed by atoms with van der Waals surface area (Å²) < 4.78 is 0. The summed E-state index contributed by atoms with van der Waals surface area (Å²) in [6, 6.07) is 18.3. The molecule has 0 N–H and O–H groups in total. The van der Waals surface area contributed by atoms with Gasteiger partial charge in [-0.2, -0.15) is 0 Å². The summed E-state index contributed by atoms with van der Waals surface area (Å²) in [6.07, 6.45) is 9.77. The normalized spacial score (nSPS) is 10.3. The first-order chi connectivity index (χ1) is 9.31. The van der Waals surface area contributed by atoms with Crippen LogP contribution in [0, 0.1) is 12.3 Å². The molecule has 0 radical (unpaired) electrons. The van der Waals surface area contributed by atoms with Crippen molar-refractivity contribution in [1.82, 2.24) is 0 Å². The van der Waals surface area contributed by atoms with Crippen LogP contribution in [-0.2, 0) is 0 Å². The lowest BCUT2D eigenvalue weighted by Crippen LogP contribution is -2.17. The van der Waals surface area contributed by atoms with Crippen molar-refractivity contribution in [2.75, 3.05) is 18.5 Å². The summed E-state index contributed by atoms with van der Waals surface area (Å²) in [5, 5.41) is 0. The fourth-order valence-electron chi connectivity index (χ4n) is 1.94. The quantitative estimate of drug-likeness (QED) is 0.742. The molecule has 2 aromatic carbocycles. The molecule has 0 aromatic heterocycles. The van der Waals surface area contributed by atoms with Crippen LogP contribution >= 0.6 is 0 Å². The molecular weight excluding hydrogens is 230 g/mol. The maximum Gasteiger partial charge on any atom is 0.0525 e. The molecule has 0 amide bonds. The van der Waals surface area contributed by atoms with Crippen LogP contribution in [0.4, 0.5) is 5.69 Å². The predicted octanol–water partition coefficient (Wildman–Crippen LogP) is 3.82. The van der Waals surface area contributed by atoms with E-state index >= 15 is 0 Å². The zero-order valence-electron chi connectivity index (χ0n) is 11.1. The van der Waals surface area contributed by atoms with Gasteiger partial charge in [-0.05, 0) is 17.7 Å². The van der Waals surface area contributed by atoms with Gasteiger partial charge in [0.1, 0.15) is 0 Å². The lowest BCUT2D eigenvalue weighted by atomic mass is 10.1. The lowest BCUT2D eigenvalue weighted by molar-refractivity contribution is 1.03. The number of hydrogen-bond donors (Lipinski definition) is 0. The van der Waals surface area contributed by atoms with Crippen LogP contribution in [0.15, 0.2) is 60.7 Å². The van der Waals surface area contributed by atoms with Gasteiger partial charge in [0.15, 0.2) is 0 Å². The van der Waals surface area contributed by atoms with Gasteiger partial charge in [-0.1, -0.05) is 60.5 Å². The third-order valence-electron chi connectivity index (χ3n) is 2.96. The largest absolute Gasteiger partial charge is 0.370 e. The summed E-state index contributed by atoms with van der Waals surface area (Å²) >= 11 is 0. The van der Waals surface area contributed by atoms with Gasteiger partial charge in [0.2, 0.25) is 0 Å². The van der Waals surface area contributed by atoms with Gasteiger partial charge in [0.25, 0.3) is 0 Å². The van der Waals surface area contributed by atoms with Crippen molar-refractivity contribution in [1.29, 1.82) is 0 Å². The predicted molar refractivity (Wildman–Crippen MR) is 83.1 cm³/mol. The molecule has 0 atom stereocenters. The van der Waals surface area contributed by atoms with E-state index in [1.165, 1.54) is 5.56 Å². The Balaban J connectivity index is 2.04. The topological polar surface area (TPSA) is 3.24 Å². The lowest BCUT2D eigenvalue weighted by Gasteiger charge is -2.18. The fourth-order valence-corrected chi connectivity index (χ4v) is 1.94. The molecule has 94 valence electrons. The first-order valence-electron chi connectivity index (χ1n) is 6.29. The molecule has 0 heterocycles. The van der Waals surface area contributed by atoms with Gasteiger partial charge in [0, 0.05) is 19.2 Å². The van der Waals surface area contributed by atoms with E-state index < -0.39 is 0 Å². The summed E-state index contributed by atoms with van der Waals surface area (Å²) in [6.45, 7) is 0.827. The van der Waals surface area contributed by atoms with Crippen molar-refractivity contribution < 1.29 is 0 Å². The van der Waals surface area contributed by atoms with E-state index in [9.17, 15) is 0 Å². The molecule has 2 aromatic rings. The zero-order chi connectivity index (χ0) is 13.5. The molecule has 0 bridgehead atoms. The number of likely N-dealkylation sites (N-methyl/N-ethyl adjacent to an activating group) is 1. The summed E-state index contributed by atoms with van der Waals surface area (Å²) in [4.78, 5) is 2.15. The van der Waals surface area contributed by atoms with Crippen LogP contribution in [0.5, 0.6) is 0 Å². The zero-order valence-corrected chi connectivity index (χ0v) is 11.1. The number of para-hydroxylation sites is 1. The molecular formula is C18H17N. The third kappa shape index (κ3) is 3.50. The minimum atomic E-state index is 0.827. The van der Waals surface area contributed by atoms with Gasteiger partial charge in [-0.25, -0.2) is 0 Å². The molecule has 0 saturated heterocycles. The van der Waals surface area contributed by atoms with Crippen molar-refractivity contribution >= 4 is 11.8 Å². The first kappa shape index (κ1) is 13.0. The number of benzene rings is 2. The second-order valence-electron chi connectivity index (χ2n) is 4.36. The molecule has 2 rings (SSSR count). The van der Waals surface area contributed by atoms with Crippen molar-refractivity contribution in [3.8, 4) is 12.3 Å². The van der Waals surface area contributed by atoms with E-state index in [2.05, 4.69) is 35.1 Å². The highest BCUT2D eigenvalue weighted by atomic mass is 15.1. The molecule has 19 heavy (non-hydrogen) atoms. The monoisotopic (exact) mass is 247 g/mol. The molecule has 0 aliphatic rings. The van der Waals surface area contributed by atoms with Gasteiger partial charge in [-0.15, -0.1) is 6.42 Å². The van der Waals surface area contributed by atoms with E-state index in [4.69, 9.17) is 6.42 Å². The van der Waals surface area contributed by atoms with Crippen molar-refractivity contribution in [2.45, 2.75) is 0 Å². The van der Waals surface area contributed by atoms with Gasteiger partial charge < -0.3 is 4.90 Å². The summed E-state index contributed by atoms with van der Waals surface area (Å²) in [5.41, 5.74) is 3.22. The number of anilines is 1. The van der Waals surface area contributed by atoms with E-state index in [-0.39, 0.29) is 0 Å². The van der Waals surface area contributed by atoms with Crippen LogP contribution < -0.4 is 4.90 Å². The Kier molecular flexibility index (Phi) is 4.42. The Morgan fingerprint density at radius 1 is 1.05 bits per heavy atom. The minimum Gasteiger partial charge on any atom is -0.370 e. The average molecular weight is 247 g/mol. The molecule has 0 aliphatic carbocycles. The maximum atomic E-state index is 5.51. The molecule has 0 unspecified atom stereocenters. The SMILES string of the molecule is C#Cc1ccccc1N(C)CC=Cc1ccccc1. The average Bonchev–Trinajstić information content (AvgIpc) is 2.48. The minimum absolute atomic E-state index is 0.827. The van der Waals surface area contributed by atoms with E-state index in [1.54, 1.807) is 0 Å². The van der Waals surface area contributed by atoms with Crippen LogP contribution in [0.2, 0.25) is 0 Å². The Morgan fingerprint density at radius 3 is 2.47 bits per heavy atom. The van der Waals surface area contributed by atoms with Crippen LogP contribution in [0.25, 0.3) is 6.08 Å². The Bertz CT molecular complexity index is 591. The third-order valence-corrected chi connectivity index (χ3v) is 2.96. The van der Waals surface area contributed by atoms with Gasteiger partial charge in [0.05, 0.1) is 5.69 Å². The Hall–Kier alpha value is -2.46. The first-order valence-corrected chi connectivity index (χ1v) is 6.29.